The van der Waals surface area contributed by atoms with Gasteiger partial charge in [-0.2, -0.15) is 5.01 Å². The molecule has 0 spiro atoms. The molecule has 1 saturated heterocycles. The normalized spacial score (nSPS) is 15.1. The van der Waals surface area contributed by atoms with E-state index in [1.807, 2.05) is 39.0 Å². The minimum absolute atomic E-state index is 0.0119. The van der Waals surface area contributed by atoms with Gasteiger partial charge in [-0.25, -0.2) is 0 Å². The number of nitrogens with one attached hydrogen (secondary N) is 1. The van der Waals surface area contributed by atoms with Gasteiger partial charge in [-0.1, -0.05) is 36.0 Å². The van der Waals surface area contributed by atoms with Gasteiger partial charge in [-0.3, -0.25) is 15.0 Å². The average molecular weight is 443 g/mol. The number of carbonyl (C=O) groups is 2. The number of ether oxygens (including phenoxy) is 2. The van der Waals surface area contributed by atoms with E-state index in [9.17, 15) is 9.59 Å². The Kier molecular flexibility index (Phi) is 6.79. The number of hydrogen-bond donors (Lipinski definition) is 1. The van der Waals surface area contributed by atoms with E-state index in [-0.39, 0.29) is 22.2 Å². The molecule has 30 heavy (non-hydrogen) atoms. The Morgan fingerprint density at radius 3 is 2.60 bits per heavy atom. The molecule has 0 aromatic heterocycles. The maximum Gasteiger partial charge on any atom is 0.285 e. The van der Waals surface area contributed by atoms with Crippen molar-refractivity contribution < 1.29 is 19.1 Å². The number of aryl methyl sites for hydroxylation is 1. The highest BCUT2D eigenvalue weighted by molar-refractivity contribution is 8.26. The number of methoxy groups -OCH3 is 1. The van der Waals surface area contributed by atoms with Gasteiger partial charge in [0, 0.05) is 5.56 Å². The van der Waals surface area contributed by atoms with Crippen LogP contribution in [0.4, 0.5) is 0 Å². The third-order valence-electron chi connectivity index (χ3n) is 4.24. The lowest BCUT2D eigenvalue weighted by Gasteiger charge is -2.16. The van der Waals surface area contributed by atoms with Crippen LogP contribution in [0.3, 0.4) is 0 Å². The quantitative estimate of drug-likeness (QED) is 0.530. The second kappa shape index (κ2) is 9.32. The van der Waals surface area contributed by atoms with Crippen molar-refractivity contribution >= 4 is 46.2 Å². The molecule has 0 unspecified atom stereocenters. The largest absolute Gasteiger partial charge is 0.493 e. The van der Waals surface area contributed by atoms with E-state index in [0.29, 0.717) is 22.0 Å². The first-order valence-corrected chi connectivity index (χ1v) is 10.5. The van der Waals surface area contributed by atoms with Crippen LogP contribution in [0.25, 0.3) is 6.08 Å². The minimum Gasteiger partial charge on any atom is -0.493 e. The topological polar surface area (TPSA) is 67.9 Å². The fourth-order valence-electron chi connectivity index (χ4n) is 2.83. The van der Waals surface area contributed by atoms with E-state index in [4.69, 9.17) is 21.7 Å². The SMILES string of the molecule is COc1cc(/C=C2\SC(=S)N(NC(=O)c3ccccc3C)C2=O)ccc1OC(C)C. The van der Waals surface area contributed by atoms with Gasteiger partial charge in [-0.15, -0.1) is 0 Å². The summed E-state index contributed by atoms with van der Waals surface area (Å²) in [4.78, 5) is 25.8. The van der Waals surface area contributed by atoms with Crippen molar-refractivity contribution in [2.45, 2.75) is 26.9 Å². The van der Waals surface area contributed by atoms with Crippen LogP contribution in [0.1, 0.15) is 35.3 Å². The summed E-state index contributed by atoms with van der Waals surface area (Å²) in [6, 6.07) is 12.6. The van der Waals surface area contributed by atoms with Crippen molar-refractivity contribution in [3.05, 3.63) is 64.1 Å². The second-order valence-corrected chi connectivity index (χ2v) is 8.53. The third kappa shape index (κ3) is 4.83. The monoisotopic (exact) mass is 442 g/mol. The van der Waals surface area contributed by atoms with Crippen LogP contribution in [-0.2, 0) is 4.79 Å². The molecule has 0 aliphatic carbocycles. The van der Waals surface area contributed by atoms with E-state index in [2.05, 4.69) is 5.43 Å². The smallest absolute Gasteiger partial charge is 0.285 e. The van der Waals surface area contributed by atoms with E-state index in [0.717, 1.165) is 27.9 Å². The van der Waals surface area contributed by atoms with Crippen molar-refractivity contribution in [2.75, 3.05) is 7.11 Å². The Hall–Kier alpha value is -2.84. The second-order valence-electron chi connectivity index (χ2n) is 6.85. The van der Waals surface area contributed by atoms with E-state index in [1.54, 1.807) is 37.5 Å². The molecule has 1 fully saturated rings. The standard InChI is InChI=1S/C22H22N2O4S2/c1-13(2)28-17-10-9-15(11-18(17)27-4)12-19-21(26)24(22(29)30-19)23-20(25)16-8-6-5-7-14(16)3/h5-13H,1-4H3,(H,23,25)/b19-12-. The zero-order valence-corrected chi connectivity index (χ0v) is 18.7. The molecule has 1 heterocycles. The van der Waals surface area contributed by atoms with Crippen molar-refractivity contribution in [3.8, 4) is 11.5 Å². The first-order valence-electron chi connectivity index (χ1n) is 9.29. The molecular weight excluding hydrogens is 420 g/mol. The van der Waals surface area contributed by atoms with Crippen LogP contribution in [0.15, 0.2) is 47.4 Å². The third-order valence-corrected chi connectivity index (χ3v) is 5.55. The molecule has 0 radical (unpaired) electrons. The summed E-state index contributed by atoms with van der Waals surface area (Å²) in [6.45, 7) is 5.70. The molecule has 156 valence electrons. The first-order chi connectivity index (χ1) is 14.3. The number of hydrogen-bond acceptors (Lipinski definition) is 6. The molecule has 1 N–H and O–H groups in total. The van der Waals surface area contributed by atoms with Gasteiger partial charge >= 0.3 is 0 Å². The van der Waals surface area contributed by atoms with Gasteiger partial charge in [0.2, 0.25) is 0 Å². The maximum absolute atomic E-state index is 12.8. The molecule has 2 aromatic rings. The highest BCUT2D eigenvalue weighted by atomic mass is 32.2. The Bertz CT molecular complexity index is 1030. The summed E-state index contributed by atoms with van der Waals surface area (Å²) >= 11 is 6.43. The van der Waals surface area contributed by atoms with Crippen molar-refractivity contribution in [2.24, 2.45) is 0 Å². The van der Waals surface area contributed by atoms with Gasteiger partial charge in [-0.05, 0) is 68.4 Å². The first kappa shape index (κ1) is 21.9. The molecule has 1 aliphatic rings. The number of hydrazine groups is 1. The fraction of sp³-hybridized carbons (Fsp3) is 0.227. The molecule has 0 saturated carbocycles. The summed E-state index contributed by atoms with van der Waals surface area (Å²) < 4.78 is 11.4. The Labute approximate surface area is 185 Å². The van der Waals surface area contributed by atoms with Crippen LogP contribution in [-0.4, -0.2) is 34.4 Å². The van der Waals surface area contributed by atoms with E-state index < -0.39 is 0 Å². The number of nitrogens with zero attached hydrogens (tertiary/aromatic N) is 1. The summed E-state index contributed by atoms with van der Waals surface area (Å²) in [6.07, 6.45) is 1.72. The van der Waals surface area contributed by atoms with Crippen molar-refractivity contribution in [3.63, 3.8) is 0 Å². The van der Waals surface area contributed by atoms with Crippen LogP contribution < -0.4 is 14.9 Å². The van der Waals surface area contributed by atoms with E-state index >= 15 is 0 Å². The molecule has 2 aromatic carbocycles. The maximum atomic E-state index is 12.8. The predicted octanol–water partition coefficient (Wildman–Crippen LogP) is 4.34. The zero-order valence-electron chi connectivity index (χ0n) is 17.1. The molecule has 1 aliphatic heterocycles. The number of thiocarbonyl (C=S) groups is 1. The van der Waals surface area contributed by atoms with Gasteiger partial charge < -0.3 is 9.47 Å². The van der Waals surface area contributed by atoms with Gasteiger partial charge in [0.1, 0.15) is 0 Å². The van der Waals surface area contributed by atoms with Crippen molar-refractivity contribution in [1.29, 1.82) is 0 Å². The van der Waals surface area contributed by atoms with Crippen LogP contribution in [0.2, 0.25) is 0 Å². The molecule has 2 amide bonds. The highest BCUT2D eigenvalue weighted by Gasteiger charge is 2.34. The minimum atomic E-state index is -0.387. The Balaban J connectivity index is 1.79. The van der Waals surface area contributed by atoms with Gasteiger partial charge in [0.25, 0.3) is 11.8 Å². The lowest BCUT2D eigenvalue weighted by Crippen LogP contribution is -2.45. The summed E-state index contributed by atoms with van der Waals surface area (Å²) in [7, 11) is 1.56. The molecule has 8 heteroatoms. The van der Waals surface area contributed by atoms with Crippen molar-refractivity contribution in [1.82, 2.24) is 10.4 Å². The predicted molar refractivity (Wildman–Crippen MR) is 122 cm³/mol. The Morgan fingerprint density at radius 2 is 1.93 bits per heavy atom. The number of rotatable bonds is 6. The zero-order chi connectivity index (χ0) is 21.8. The van der Waals surface area contributed by atoms with Gasteiger partial charge in [0.05, 0.1) is 18.1 Å². The lowest BCUT2D eigenvalue weighted by molar-refractivity contribution is -0.123. The number of benzene rings is 2. The average Bonchev–Trinajstić information content (AvgIpc) is 2.96. The lowest BCUT2D eigenvalue weighted by atomic mass is 10.1. The summed E-state index contributed by atoms with van der Waals surface area (Å²) in [5.74, 6) is 0.430. The van der Waals surface area contributed by atoms with Crippen LogP contribution in [0.5, 0.6) is 11.5 Å². The van der Waals surface area contributed by atoms with Crippen LogP contribution in [0, 0.1) is 6.92 Å². The molecule has 0 bridgehead atoms. The molecule has 0 atom stereocenters. The number of thioether (sulfide) groups is 1. The summed E-state index contributed by atoms with van der Waals surface area (Å²) in [5, 5.41) is 1.11. The van der Waals surface area contributed by atoms with E-state index in [1.165, 1.54) is 0 Å². The molecule has 6 nitrogen and oxygen atoms in total. The molecule has 3 rings (SSSR count). The van der Waals surface area contributed by atoms with Gasteiger partial charge in [0.15, 0.2) is 15.8 Å². The summed E-state index contributed by atoms with van der Waals surface area (Å²) in [5.41, 5.74) is 4.66. The fourth-order valence-corrected chi connectivity index (χ4v) is 4.01. The Morgan fingerprint density at radius 1 is 1.20 bits per heavy atom. The van der Waals surface area contributed by atoms with Crippen LogP contribution >= 0.6 is 24.0 Å². The molecular formula is C22H22N2O4S2. The number of amides is 2. The highest BCUT2D eigenvalue weighted by Crippen LogP contribution is 2.34. The number of carbonyl (C=O) groups excluding carboxylic acids is 2.